The second kappa shape index (κ2) is 7.63. The fourth-order valence-electron chi connectivity index (χ4n) is 2.74. The van der Waals surface area contributed by atoms with Crippen LogP contribution in [0.1, 0.15) is 18.1 Å². The molecule has 6 nitrogen and oxygen atoms in total. The summed E-state index contributed by atoms with van der Waals surface area (Å²) in [5.74, 6) is -0.942. The molecule has 0 spiro atoms. The maximum Gasteiger partial charge on any atom is 0.335 e. The number of hydrogen-bond donors (Lipinski definition) is 1. The molecule has 138 valence electrons. The zero-order valence-corrected chi connectivity index (χ0v) is 15.5. The van der Waals surface area contributed by atoms with Crippen molar-refractivity contribution in [3.63, 3.8) is 0 Å². The Labute approximate surface area is 161 Å². The number of amides is 4. The Bertz CT molecular complexity index is 968. The predicted molar refractivity (Wildman–Crippen MR) is 103 cm³/mol. The molecule has 1 N–H and O–H groups in total. The van der Waals surface area contributed by atoms with Gasteiger partial charge >= 0.3 is 6.03 Å². The molecule has 0 saturated carbocycles. The van der Waals surface area contributed by atoms with Gasteiger partial charge in [0.05, 0.1) is 12.3 Å². The summed E-state index contributed by atoms with van der Waals surface area (Å²) < 4.78 is 5.53. The van der Waals surface area contributed by atoms with E-state index in [-0.39, 0.29) is 5.57 Å². The number of halogens is 1. The van der Waals surface area contributed by atoms with E-state index < -0.39 is 17.8 Å². The van der Waals surface area contributed by atoms with Crippen molar-refractivity contribution in [3.05, 3.63) is 64.2 Å². The molecule has 1 aliphatic rings. The maximum atomic E-state index is 13.0. The molecule has 1 saturated heterocycles. The van der Waals surface area contributed by atoms with E-state index in [0.29, 0.717) is 34.2 Å². The molecule has 7 heteroatoms. The fraction of sp³-hybridized carbons (Fsp3) is 0.150. The van der Waals surface area contributed by atoms with Crippen LogP contribution in [0.5, 0.6) is 5.75 Å². The number of carbonyl (C=O) groups is 3. The van der Waals surface area contributed by atoms with Crippen LogP contribution >= 0.6 is 11.6 Å². The number of aryl methyl sites for hydroxylation is 1. The highest BCUT2D eigenvalue weighted by atomic mass is 35.5. The summed E-state index contributed by atoms with van der Waals surface area (Å²) in [6.07, 6.45) is 1.42. The van der Waals surface area contributed by atoms with Gasteiger partial charge in [-0.1, -0.05) is 35.9 Å². The van der Waals surface area contributed by atoms with Crippen LogP contribution in [0.3, 0.4) is 0 Å². The van der Waals surface area contributed by atoms with Crippen LogP contribution in [0.2, 0.25) is 5.02 Å². The molecule has 3 rings (SSSR count). The van der Waals surface area contributed by atoms with Crippen LogP contribution in [0.15, 0.2) is 48.0 Å². The molecule has 0 unspecified atom stereocenters. The standard InChI is InChI=1S/C20H17ClN2O4/c1-3-27-17-7-5-4-6-13(17)10-15-18(24)22-20(26)23(19(15)25)16-11-14(21)9-8-12(16)2/h4-11H,3H2,1-2H3,(H,22,24,26)/b15-10+. The zero-order chi connectivity index (χ0) is 19.6. The van der Waals surface area contributed by atoms with Crippen molar-refractivity contribution >= 4 is 41.2 Å². The highest BCUT2D eigenvalue weighted by Gasteiger charge is 2.37. The maximum absolute atomic E-state index is 13.0. The van der Waals surface area contributed by atoms with Gasteiger partial charge in [-0.05, 0) is 43.7 Å². The van der Waals surface area contributed by atoms with Crippen molar-refractivity contribution in [3.8, 4) is 5.75 Å². The van der Waals surface area contributed by atoms with Crippen molar-refractivity contribution in [2.24, 2.45) is 0 Å². The zero-order valence-electron chi connectivity index (χ0n) is 14.8. The number of ether oxygens (including phenoxy) is 1. The molecular formula is C20H17ClN2O4. The minimum absolute atomic E-state index is 0.166. The minimum Gasteiger partial charge on any atom is -0.493 e. The molecule has 2 aromatic rings. The van der Waals surface area contributed by atoms with E-state index in [0.717, 1.165) is 4.90 Å². The van der Waals surface area contributed by atoms with E-state index in [4.69, 9.17) is 16.3 Å². The number of benzene rings is 2. The van der Waals surface area contributed by atoms with E-state index in [1.807, 2.05) is 6.92 Å². The third kappa shape index (κ3) is 3.71. The second-order valence-electron chi connectivity index (χ2n) is 5.86. The van der Waals surface area contributed by atoms with Crippen LogP contribution in [-0.4, -0.2) is 24.5 Å². The van der Waals surface area contributed by atoms with Gasteiger partial charge in [0.15, 0.2) is 0 Å². The molecule has 27 heavy (non-hydrogen) atoms. The third-order valence-corrected chi connectivity index (χ3v) is 4.27. The second-order valence-corrected chi connectivity index (χ2v) is 6.30. The Morgan fingerprint density at radius 3 is 2.63 bits per heavy atom. The number of urea groups is 1. The Hall–Kier alpha value is -3.12. The highest BCUT2D eigenvalue weighted by molar-refractivity contribution is 6.39. The quantitative estimate of drug-likeness (QED) is 0.644. The summed E-state index contributed by atoms with van der Waals surface area (Å²) in [6.45, 7) is 4.02. The first-order valence-electron chi connectivity index (χ1n) is 8.31. The van der Waals surface area contributed by atoms with Crippen LogP contribution in [0.25, 0.3) is 6.08 Å². The number of rotatable bonds is 4. The first kappa shape index (κ1) is 18.7. The number of anilines is 1. The van der Waals surface area contributed by atoms with Gasteiger partial charge in [0.25, 0.3) is 11.8 Å². The van der Waals surface area contributed by atoms with Gasteiger partial charge in [0, 0.05) is 10.6 Å². The van der Waals surface area contributed by atoms with E-state index in [2.05, 4.69) is 5.32 Å². The van der Waals surface area contributed by atoms with Crippen molar-refractivity contribution in [1.82, 2.24) is 5.32 Å². The summed E-state index contributed by atoms with van der Waals surface area (Å²) in [7, 11) is 0. The Balaban J connectivity index is 2.07. The molecule has 0 aromatic heterocycles. The molecule has 0 bridgehead atoms. The summed E-state index contributed by atoms with van der Waals surface area (Å²) in [5, 5.41) is 2.58. The van der Waals surface area contributed by atoms with Crippen LogP contribution in [0.4, 0.5) is 10.5 Å². The molecule has 0 radical (unpaired) electrons. The topological polar surface area (TPSA) is 75.7 Å². The van der Waals surface area contributed by atoms with Crippen molar-refractivity contribution in [2.75, 3.05) is 11.5 Å². The van der Waals surface area contributed by atoms with Crippen molar-refractivity contribution < 1.29 is 19.1 Å². The summed E-state index contributed by atoms with van der Waals surface area (Å²) in [6, 6.07) is 11.1. The molecule has 4 amide bonds. The Morgan fingerprint density at radius 1 is 1.15 bits per heavy atom. The van der Waals surface area contributed by atoms with Crippen molar-refractivity contribution in [2.45, 2.75) is 13.8 Å². The Kier molecular flexibility index (Phi) is 5.28. The first-order chi connectivity index (χ1) is 12.9. The summed E-state index contributed by atoms with van der Waals surface area (Å²) in [5.41, 5.74) is 1.39. The lowest BCUT2D eigenvalue weighted by Crippen LogP contribution is -2.54. The van der Waals surface area contributed by atoms with E-state index >= 15 is 0 Å². The molecule has 0 aliphatic carbocycles. The van der Waals surface area contributed by atoms with Gasteiger partial charge in [-0.25, -0.2) is 9.69 Å². The monoisotopic (exact) mass is 384 g/mol. The fourth-order valence-corrected chi connectivity index (χ4v) is 2.91. The average Bonchev–Trinajstić information content (AvgIpc) is 2.63. The van der Waals surface area contributed by atoms with Crippen molar-refractivity contribution in [1.29, 1.82) is 0 Å². The van der Waals surface area contributed by atoms with Crippen LogP contribution < -0.4 is 15.0 Å². The lowest BCUT2D eigenvalue weighted by molar-refractivity contribution is -0.122. The largest absolute Gasteiger partial charge is 0.493 e. The predicted octanol–water partition coefficient (Wildman–Crippen LogP) is 3.71. The first-order valence-corrected chi connectivity index (χ1v) is 8.69. The van der Waals surface area contributed by atoms with Gasteiger partial charge in [0.2, 0.25) is 0 Å². The summed E-state index contributed by atoms with van der Waals surface area (Å²) in [4.78, 5) is 38.5. The number of nitrogens with one attached hydrogen (secondary N) is 1. The normalized spacial score (nSPS) is 15.9. The molecular weight excluding hydrogens is 368 g/mol. The van der Waals surface area contributed by atoms with Gasteiger partial charge in [-0.3, -0.25) is 14.9 Å². The Morgan fingerprint density at radius 2 is 1.89 bits per heavy atom. The summed E-state index contributed by atoms with van der Waals surface area (Å²) >= 11 is 6.01. The van der Waals surface area contributed by atoms with Gasteiger partial charge < -0.3 is 4.74 Å². The molecule has 1 heterocycles. The number of carbonyl (C=O) groups excluding carboxylic acids is 3. The number of para-hydroxylation sites is 1. The lowest BCUT2D eigenvalue weighted by atomic mass is 10.1. The number of hydrogen-bond acceptors (Lipinski definition) is 4. The molecule has 2 aromatic carbocycles. The molecule has 1 aliphatic heterocycles. The number of imide groups is 2. The van der Waals surface area contributed by atoms with Gasteiger partial charge in [-0.15, -0.1) is 0 Å². The molecule has 1 fully saturated rings. The number of nitrogens with zero attached hydrogens (tertiary/aromatic N) is 1. The van der Waals surface area contributed by atoms with E-state index in [9.17, 15) is 14.4 Å². The van der Waals surface area contributed by atoms with Crippen LogP contribution in [0, 0.1) is 6.92 Å². The van der Waals surface area contributed by atoms with E-state index in [1.165, 1.54) is 12.1 Å². The minimum atomic E-state index is -0.814. The van der Waals surface area contributed by atoms with Gasteiger partial charge in [-0.2, -0.15) is 0 Å². The van der Waals surface area contributed by atoms with Gasteiger partial charge in [0.1, 0.15) is 11.3 Å². The van der Waals surface area contributed by atoms with E-state index in [1.54, 1.807) is 43.3 Å². The lowest BCUT2D eigenvalue weighted by Gasteiger charge is -2.27. The molecule has 0 atom stereocenters. The highest BCUT2D eigenvalue weighted by Crippen LogP contribution is 2.29. The smallest absolute Gasteiger partial charge is 0.335 e. The number of barbiturate groups is 1. The average molecular weight is 385 g/mol. The SMILES string of the molecule is CCOc1ccccc1/C=C1\C(=O)NC(=O)N(c2cc(Cl)ccc2C)C1=O. The third-order valence-electron chi connectivity index (χ3n) is 4.03. The van der Waals surface area contributed by atoms with Crippen LogP contribution in [-0.2, 0) is 9.59 Å².